The molecule has 0 aliphatic heterocycles. The third kappa shape index (κ3) is 15.1. The Morgan fingerprint density at radius 2 is 0.481 bits per heavy atom. The highest BCUT2D eigenvalue weighted by molar-refractivity contribution is 6.13. The average molecular weight is 1700 g/mol. The van der Waals surface area contributed by atoms with Crippen LogP contribution in [0.25, 0.3) is 133 Å². The van der Waals surface area contributed by atoms with Crippen molar-refractivity contribution in [2.24, 2.45) is 0 Å². The van der Waals surface area contributed by atoms with Crippen LogP contribution in [0.5, 0.6) is 0 Å². The zero-order valence-electron chi connectivity index (χ0n) is 73.8. The highest BCUT2D eigenvalue weighted by Crippen LogP contribution is 2.53. The van der Waals surface area contributed by atoms with Crippen molar-refractivity contribution in [1.29, 1.82) is 0 Å². The van der Waals surface area contributed by atoms with Crippen LogP contribution in [0, 0.1) is 0 Å². The lowest BCUT2D eigenvalue weighted by Gasteiger charge is -2.30. The van der Waals surface area contributed by atoms with Gasteiger partial charge in [0.05, 0.1) is 27.8 Å². The fraction of sp³-hybridized carbons (Fsp3) is 0.0236. The molecule has 0 radical (unpaired) electrons. The second-order valence-electron chi connectivity index (χ2n) is 34.8. The minimum atomic E-state index is -0.0841. The van der Waals surface area contributed by atoms with E-state index < -0.39 is 0 Å². The first-order valence-corrected chi connectivity index (χ1v) is 45.8. The van der Waals surface area contributed by atoms with Gasteiger partial charge in [0.15, 0.2) is 0 Å². The third-order valence-corrected chi connectivity index (χ3v) is 26.5. The molecule has 0 unspecified atom stereocenters. The summed E-state index contributed by atoms with van der Waals surface area (Å²) in [5, 5.41) is 7.36. The summed E-state index contributed by atoms with van der Waals surface area (Å²) in [5.74, 6) is 0. The van der Waals surface area contributed by atoms with Gasteiger partial charge in [0, 0.05) is 106 Å². The summed E-state index contributed by atoms with van der Waals surface area (Å²) >= 11 is 0. The van der Waals surface area contributed by atoms with Crippen molar-refractivity contribution in [3.8, 4) is 78.1 Å². The molecule has 1 aliphatic carbocycles. The predicted octanol–water partition coefficient (Wildman–Crippen LogP) is 35.2. The minimum Gasteiger partial charge on any atom is -0.310 e. The molecule has 2 aromatic heterocycles. The maximum absolute atomic E-state index is 2.42. The van der Waals surface area contributed by atoms with Crippen LogP contribution in [-0.4, -0.2) is 9.13 Å². The molecule has 0 spiro atoms. The smallest absolute Gasteiger partial charge is 0.0547 e. The summed E-state index contributed by atoms with van der Waals surface area (Å²) in [6.45, 7) is 4.69. The van der Waals surface area contributed by atoms with Crippen LogP contribution in [0.15, 0.2) is 522 Å². The van der Waals surface area contributed by atoms with E-state index in [2.05, 4.69) is 564 Å². The maximum atomic E-state index is 2.42. The Labute approximate surface area is 776 Å². The van der Waals surface area contributed by atoms with E-state index in [4.69, 9.17) is 0 Å². The van der Waals surface area contributed by atoms with Gasteiger partial charge in [-0.3, -0.25) is 0 Å². The van der Waals surface area contributed by atoms with Gasteiger partial charge in [-0.05, 0) is 265 Å². The molecule has 0 atom stereocenters. The van der Waals surface area contributed by atoms with Crippen molar-refractivity contribution in [2.45, 2.75) is 19.3 Å². The van der Waals surface area contributed by atoms with Crippen molar-refractivity contribution < 1.29 is 0 Å². The van der Waals surface area contributed by atoms with Gasteiger partial charge in [0.25, 0.3) is 0 Å². The van der Waals surface area contributed by atoms with Gasteiger partial charge in [0.2, 0.25) is 0 Å². The third-order valence-electron chi connectivity index (χ3n) is 26.5. The summed E-state index contributed by atoms with van der Waals surface area (Å²) in [5.41, 5.74) is 37.1. The van der Waals surface area contributed by atoms with Gasteiger partial charge >= 0.3 is 0 Å². The monoisotopic (exact) mass is 1700 g/mol. The quantitative estimate of drug-likeness (QED) is 0.0805. The van der Waals surface area contributed by atoms with Crippen LogP contribution in [0.2, 0.25) is 0 Å². The topological polar surface area (TPSA) is 22.8 Å². The van der Waals surface area contributed by atoms with Crippen molar-refractivity contribution in [3.63, 3.8) is 0 Å². The molecular weight excluding hydrogens is 1610 g/mol. The molecule has 0 bridgehead atoms. The summed E-state index contributed by atoms with van der Waals surface area (Å²) in [6, 6.07) is 189. The van der Waals surface area contributed by atoms with Gasteiger partial charge in [-0.15, -0.1) is 0 Å². The molecule has 0 amide bonds. The predicted molar refractivity (Wildman–Crippen MR) is 563 cm³/mol. The number of benzene rings is 21. The Kier molecular flexibility index (Phi) is 20.9. The number of aromatic nitrogens is 2. The van der Waals surface area contributed by atoms with Crippen LogP contribution < -0.4 is 19.6 Å². The number of rotatable bonds is 19. The number of anilines is 12. The Balaban J connectivity index is 0.000000151. The number of para-hydroxylation sites is 6. The molecule has 1 aliphatic rings. The molecule has 6 nitrogen and oxygen atoms in total. The normalized spacial score (nSPS) is 11.9. The molecule has 21 aromatic carbocycles. The summed E-state index contributed by atoms with van der Waals surface area (Å²) in [6.07, 6.45) is 0. The van der Waals surface area contributed by atoms with E-state index in [-0.39, 0.29) is 5.41 Å². The Bertz CT molecular complexity index is 8220. The minimum absolute atomic E-state index is 0.0841. The van der Waals surface area contributed by atoms with Crippen LogP contribution in [0.4, 0.5) is 68.2 Å². The lowest BCUT2D eigenvalue weighted by atomic mass is 9.82. The number of fused-ring (bicyclic) bond motifs is 10. The second kappa shape index (κ2) is 34.7. The first-order chi connectivity index (χ1) is 65.7. The van der Waals surface area contributed by atoms with Crippen LogP contribution in [0.3, 0.4) is 0 Å². The van der Waals surface area contributed by atoms with Gasteiger partial charge in [-0.25, -0.2) is 0 Å². The Morgan fingerprint density at radius 1 is 0.158 bits per heavy atom. The largest absolute Gasteiger partial charge is 0.310 e. The molecular formula is C127H92N6. The molecule has 2 heterocycles. The van der Waals surface area contributed by atoms with Crippen molar-refractivity contribution in [2.75, 3.05) is 19.6 Å². The number of nitrogens with zero attached hydrogens (tertiary/aromatic N) is 6. The molecule has 0 saturated heterocycles. The lowest BCUT2D eigenvalue weighted by molar-refractivity contribution is 0.660. The van der Waals surface area contributed by atoms with E-state index >= 15 is 0 Å². The van der Waals surface area contributed by atoms with Crippen molar-refractivity contribution in [1.82, 2.24) is 9.13 Å². The summed E-state index contributed by atoms with van der Waals surface area (Å²) in [7, 11) is 0. The van der Waals surface area contributed by atoms with E-state index in [0.717, 1.165) is 102 Å². The first kappa shape index (κ1) is 80.3. The lowest BCUT2D eigenvalue weighted by Crippen LogP contribution is -2.15. The number of hydrogen-bond donors (Lipinski definition) is 0. The van der Waals surface area contributed by atoms with Crippen LogP contribution >= 0.6 is 0 Å². The fourth-order valence-electron chi connectivity index (χ4n) is 20.2. The van der Waals surface area contributed by atoms with Gasteiger partial charge in [-0.2, -0.15) is 0 Å². The summed E-state index contributed by atoms with van der Waals surface area (Å²) in [4.78, 5) is 9.57. The zero-order chi connectivity index (χ0) is 88.7. The second-order valence-corrected chi connectivity index (χ2v) is 34.8. The fourth-order valence-corrected chi connectivity index (χ4v) is 20.2. The van der Waals surface area contributed by atoms with Gasteiger partial charge < -0.3 is 28.7 Å². The van der Waals surface area contributed by atoms with Crippen LogP contribution in [0.1, 0.15) is 25.0 Å². The zero-order valence-corrected chi connectivity index (χ0v) is 73.8. The van der Waals surface area contributed by atoms with Gasteiger partial charge in [-0.1, -0.05) is 354 Å². The summed E-state index contributed by atoms with van der Waals surface area (Å²) < 4.78 is 4.80. The van der Waals surface area contributed by atoms with E-state index in [0.29, 0.717) is 0 Å². The first-order valence-electron chi connectivity index (χ1n) is 45.8. The Morgan fingerprint density at radius 3 is 0.992 bits per heavy atom. The van der Waals surface area contributed by atoms with Crippen molar-refractivity contribution in [3.05, 3.63) is 533 Å². The highest BCUT2D eigenvalue weighted by Gasteiger charge is 2.36. The molecule has 630 valence electrons. The van der Waals surface area contributed by atoms with E-state index in [1.165, 1.54) is 110 Å². The van der Waals surface area contributed by atoms with E-state index in [9.17, 15) is 0 Å². The standard InChI is InChI=1S/C64H45N3.C63H47N3/c1-6-20-46(21-7-1)49-37-40-63-61(43-49)60-38-36-50(44-64(60)67(63)53-29-14-5-15-30-53)48-24-18-31-54(42-48)65(51-25-10-3-11-26-51)55-32-19-33-56(45-55)66(52-27-12-4-13-28-52)62-41-39-57(47-22-8-2-9-23-47)58-34-16-17-35-59(58)62;1-63(2)59-33-14-12-31-55(59)58-43-54(36-38-60(58)63)65(51-28-16-21-45(39-51)44-19-6-3-7-20-44)53-30-18-29-52(42-53)64(48-23-8-4-9-24-48)50-27-17-22-46(40-50)47-35-37-57-56-32-13-15-34-61(56)66(62(57)41-47)49-25-10-5-11-26-49/h1-45H;3-43H,1-2H3. The van der Waals surface area contributed by atoms with Crippen LogP contribution in [-0.2, 0) is 5.41 Å². The molecule has 23 aromatic rings. The maximum Gasteiger partial charge on any atom is 0.0547 e. The van der Waals surface area contributed by atoms with E-state index in [1.54, 1.807) is 0 Å². The highest BCUT2D eigenvalue weighted by atomic mass is 15.2. The molecule has 0 N–H and O–H groups in total. The van der Waals surface area contributed by atoms with Crippen molar-refractivity contribution >= 4 is 123 Å². The van der Waals surface area contributed by atoms with Gasteiger partial charge in [0.1, 0.15) is 0 Å². The molecule has 6 heteroatoms. The molecule has 24 rings (SSSR count). The molecule has 133 heavy (non-hydrogen) atoms. The average Bonchev–Trinajstić information content (AvgIpc) is 1.55. The molecule has 0 fully saturated rings. The van der Waals surface area contributed by atoms with E-state index in [1.807, 2.05) is 0 Å². The Hall–Kier alpha value is -17.3. The molecule has 0 saturated carbocycles. The number of hydrogen-bond acceptors (Lipinski definition) is 4. The SMILES string of the molecule is CC1(C)c2ccccc2-c2cc(N(c3cccc(-c4ccccc4)c3)c3cccc(N(c4ccccc4)c4cccc(-c5ccc6c7ccccc7n(-c7ccccc7)c6c5)c4)c3)ccc21.c1ccc(-c2ccc3c(c2)c2ccc(-c4cccc(N(c5ccccc5)c5cccc(N(c6ccccc6)c6ccc(-c7ccccc7)c7ccccc67)c5)c4)cc2n3-c2ccccc2)cc1.